The van der Waals surface area contributed by atoms with E-state index < -0.39 is 6.10 Å². The lowest BCUT2D eigenvalue weighted by atomic mass is 9.94. The normalized spacial score (nSPS) is 15.6. The second-order valence-electron chi connectivity index (χ2n) is 7.74. The van der Waals surface area contributed by atoms with E-state index in [4.69, 9.17) is 4.74 Å². The maximum atomic E-state index is 12.7. The Morgan fingerprint density at radius 3 is 2.77 bits per heavy atom. The Bertz CT molecular complexity index is 1000. The van der Waals surface area contributed by atoms with Gasteiger partial charge in [0, 0.05) is 32.8 Å². The van der Waals surface area contributed by atoms with Crippen LogP contribution >= 0.6 is 11.3 Å². The van der Waals surface area contributed by atoms with Crippen molar-refractivity contribution in [2.45, 2.75) is 32.3 Å². The molecule has 4 rings (SSSR count). The lowest BCUT2D eigenvalue weighted by Gasteiger charge is -2.32. The lowest BCUT2D eigenvalue weighted by molar-refractivity contribution is -0.126. The van der Waals surface area contributed by atoms with E-state index in [-0.39, 0.29) is 5.91 Å². The van der Waals surface area contributed by atoms with Crippen molar-refractivity contribution in [3.8, 4) is 0 Å². The highest BCUT2D eigenvalue weighted by Crippen LogP contribution is 2.27. The summed E-state index contributed by atoms with van der Waals surface area (Å²) in [5.41, 5.74) is 1.90. The summed E-state index contributed by atoms with van der Waals surface area (Å²) in [6.07, 6.45) is 4.01. The van der Waals surface area contributed by atoms with Gasteiger partial charge < -0.3 is 9.64 Å². The zero-order valence-electron chi connectivity index (χ0n) is 17.7. The minimum absolute atomic E-state index is 0.243. The number of aryl methyl sites for hydroxylation is 1. The van der Waals surface area contributed by atoms with Gasteiger partial charge in [-0.3, -0.25) is 10.1 Å². The third-order valence-electron chi connectivity index (χ3n) is 5.48. The monoisotopic (exact) mass is 438 g/mol. The topological polar surface area (TPSA) is 93.1 Å². The van der Waals surface area contributed by atoms with Crippen molar-refractivity contribution in [3.63, 3.8) is 0 Å². The number of carbonyl (C=O) groups is 1. The smallest absolute Gasteiger partial charge is 0.259 e. The third-order valence-corrected chi connectivity index (χ3v) is 6.34. The number of rotatable bonds is 7. The van der Waals surface area contributed by atoms with Crippen molar-refractivity contribution in [1.29, 1.82) is 0 Å². The van der Waals surface area contributed by atoms with Gasteiger partial charge in [-0.1, -0.05) is 41.2 Å². The zero-order valence-corrected chi connectivity index (χ0v) is 18.5. The van der Waals surface area contributed by atoms with Crippen LogP contribution in [-0.2, 0) is 16.0 Å². The number of anilines is 2. The Hall–Kier alpha value is -2.91. The van der Waals surface area contributed by atoms with Gasteiger partial charge >= 0.3 is 0 Å². The van der Waals surface area contributed by atoms with Crippen LogP contribution in [0, 0.1) is 12.8 Å². The quantitative estimate of drug-likeness (QED) is 0.604. The number of amides is 1. The summed E-state index contributed by atoms with van der Waals surface area (Å²) in [6.45, 7) is 3.90. The van der Waals surface area contributed by atoms with E-state index in [0.717, 1.165) is 54.3 Å². The van der Waals surface area contributed by atoms with Crippen molar-refractivity contribution >= 4 is 28.2 Å². The van der Waals surface area contributed by atoms with E-state index in [1.807, 2.05) is 43.3 Å². The molecular weight excluding hydrogens is 412 g/mol. The van der Waals surface area contributed by atoms with Gasteiger partial charge in [-0.25, -0.2) is 0 Å². The van der Waals surface area contributed by atoms with Crippen molar-refractivity contribution in [1.82, 2.24) is 20.4 Å². The zero-order chi connectivity index (χ0) is 21.6. The molecule has 0 bridgehead atoms. The molecule has 1 aromatic carbocycles. The molecule has 3 aromatic rings. The van der Waals surface area contributed by atoms with Gasteiger partial charge in [-0.15, -0.1) is 15.3 Å². The van der Waals surface area contributed by atoms with E-state index in [2.05, 4.69) is 30.6 Å². The van der Waals surface area contributed by atoms with Crippen LogP contribution < -0.4 is 10.2 Å². The molecule has 3 heterocycles. The number of piperidine rings is 1. The van der Waals surface area contributed by atoms with Crippen LogP contribution in [0.2, 0.25) is 0 Å². The van der Waals surface area contributed by atoms with Gasteiger partial charge in [0.1, 0.15) is 5.01 Å². The maximum Gasteiger partial charge on any atom is 0.259 e. The molecule has 1 atom stereocenters. The Labute approximate surface area is 185 Å². The first-order valence-electron chi connectivity index (χ1n) is 10.4. The summed E-state index contributed by atoms with van der Waals surface area (Å²) < 4.78 is 5.43. The molecule has 1 aliphatic heterocycles. The van der Waals surface area contributed by atoms with Crippen molar-refractivity contribution in [2.75, 3.05) is 30.4 Å². The fourth-order valence-corrected chi connectivity index (χ4v) is 4.72. The van der Waals surface area contributed by atoms with E-state index in [1.165, 1.54) is 18.4 Å². The average Bonchev–Trinajstić information content (AvgIpc) is 3.22. The molecule has 1 N–H and O–H groups in total. The second kappa shape index (κ2) is 9.93. The molecule has 1 aliphatic rings. The molecule has 0 spiro atoms. The number of aromatic nitrogens is 4. The molecule has 1 amide bonds. The molecule has 2 aromatic heterocycles. The minimum Gasteiger partial charge on any atom is -0.367 e. The second-order valence-corrected chi connectivity index (χ2v) is 8.80. The highest BCUT2D eigenvalue weighted by atomic mass is 32.1. The Balaban J connectivity index is 1.31. The van der Waals surface area contributed by atoms with Crippen LogP contribution in [0.15, 0.2) is 42.6 Å². The summed E-state index contributed by atoms with van der Waals surface area (Å²) >= 11 is 1.43. The number of methoxy groups -OCH3 is 1. The van der Waals surface area contributed by atoms with Gasteiger partial charge in [-0.05, 0) is 43.4 Å². The Morgan fingerprint density at radius 1 is 1.23 bits per heavy atom. The maximum absolute atomic E-state index is 12.7. The number of ether oxygens (including phenoxy) is 1. The molecule has 1 saturated heterocycles. The first-order valence-corrected chi connectivity index (χ1v) is 11.2. The van der Waals surface area contributed by atoms with E-state index >= 15 is 0 Å². The average molecular weight is 439 g/mol. The summed E-state index contributed by atoms with van der Waals surface area (Å²) in [7, 11) is 1.53. The molecule has 8 nitrogen and oxygen atoms in total. The summed E-state index contributed by atoms with van der Waals surface area (Å²) in [6, 6.07) is 11.7. The fourth-order valence-electron chi connectivity index (χ4n) is 3.86. The first kappa shape index (κ1) is 21.3. The van der Waals surface area contributed by atoms with E-state index in [1.54, 1.807) is 6.20 Å². The lowest BCUT2D eigenvalue weighted by Crippen LogP contribution is -2.34. The van der Waals surface area contributed by atoms with Gasteiger partial charge in [0.25, 0.3) is 5.91 Å². The first-order chi connectivity index (χ1) is 15.1. The van der Waals surface area contributed by atoms with Crippen molar-refractivity contribution in [3.05, 3.63) is 58.7 Å². The van der Waals surface area contributed by atoms with Gasteiger partial charge in [0.05, 0.1) is 0 Å². The molecule has 0 saturated carbocycles. The highest BCUT2D eigenvalue weighted by molar-refractivity contribution is 7.15. The number of nitrogens with zero attached hydrogens (tertiary/aromatic N) is 5. The number of carbonyl (C=O) groups excluding carboxylic acids is 1. The summed E-state index contributed by atoms with van der Waals surface area (Å²) in [5.74, 6) is 1.24. The number of hydrogen-bond donors (Lipinski definition) is 1. The molecule has 9 heteroatoms. The summed E-state index contributed by atoms with van der Waals surface area (Å²) in [5, 5.41) is 20.9. The fraction of sp³-hybridized carbons (Fsp3) is 0.409. The minimum atomic E-state index is -0.683. The predicted octanol–water partition coefficient (Wildman–Crippen LogP) is 3.42. The van der Waals surface area contributed by atoms with Crippen LogP contribution in [-0.4, -0.2) is 46.5 Å². The molecule has 0 aliphatic carbocycles. The van der Waals surface area contributed by atoms with Gasteiger partial charge in [0.15, 0.2) is 11.9 Å². The summed E-state index contributed by atoms with van der Waals surface area (Å²) in [4.78, 5) is 15.0. The van der Waals surface area contributed by atoms with Crippen LogP contribution in [0.1, 0.15) is 35.1 Å². The Morgan fingerprint density at radius 2 is 2.06 bits per heavy atom. The molecule has 0 unspecified atom stereocenters. The predicted molar refractivity (Wildman–Crippen MR) is 120 cm³/mol. The SMILES string of the molecule is CO[C@H](C(=O)Nc1nnc(CC2CCN(c3cccnn3)CC2)s1)c1cccc(C)c1. The molecular formula is C22H26N6O2S. The highest BCUT2D eigenvalue weighted by Gasteiger charge is 2.24. The molecule has 0 radical (unpaired) electrons. The molecule has 31 heavy (non-hydrogen) atoms. The van der Waals surface area contributed by atoms with Crippen LogP contribution in [0.25, 0.3) is 0 Å². The number of nitrogens with one attached hydrogen (secondary N) is 1. The number of benzene rings is 1. The van der Waals surface area contributed by atoms with E-state index in [0.29, 0.717) is 11.0 Å². The van der Waals surface area contributed by atoms with Gasteiger partial charge in [0.2, 0.25) is 5.13 Å². The standard InChI is InChI=1S/C22H26N6O2S/c1-15-5-3-6-17(13-15)20(30-2)21(29)24-22-27-26-19(31-22)14-16-8-11-28(12-9-16)18-7-4-10-23-25-18/h3-7,10,13,16,20H,8-9,11-12,14H2,1-2H3,(H,24,27,29)/t20-/m0/s1. The van der Waals surface area contributed by atoms with Gasteiger partial charge in [-0.2, -0.15) is 5.10 Å². The third kappa shape index (κ3) is 5.42. The molecule has 162 valence electrons. The van der Waals surface area contributed by atoms with Crippen LogP contribution in [0.3, 0.4) is 0 Å². The van der Waals surface area contributed by atoms with Crippen LogP contribution in [0.5, 0.6) is 0 Å². The Kier molecular flexibility index (Phi) is 6.83. The van der Waals surface area contributed by atoms with Crippen molar-refractivity contribution in [2.24, 2.45) is 5.92 Å². The number of hydrogen-bond acceptors (Lipinski definition) is 8. The van der Waals surface area contributed by atoms with Crippen LogP contribution in [0.4, 0.5) is 10.9 Å². The van der Waals surface area contributed by atoms with E-state index in [9.17, 15) is 4.79 Å². The largest absolute Gasteiger partial charge is 0.367 e. The molecule has 1 fully saturated rings. The van der Waals surface area contributed by atoms with Crippen molar-refractivity contribution < 1.29 is 9.53 Å².